The third-order valence-electron chi connectivity index (χ3n) is 2.94. The van der Waals surface area contributed by atoms with Gasteiger partial charge in [0.15, 0.2) is 0 Å². The molecule has 0 aliphatic rings. The molecule has 1 aromatic heterocycles. The molecule has 1 unspecified atom stereocenters. The van der Waals surface area contributed by atoms with Gasteiger partial charge in [-0.05, 0) is 48.4 Å². The average molecular weight is 295 g/mol. The molecule has 84 valence electrons. The molecule has 0 radical (unpaired) electrons. The molecule has 0 saturated heterocycles. The minimum atomic E-state index is 0.422. The molecular formula is C14H15BrS. The molecule has 2 aromatic rings. The normalized spacial score (nSPS) is 12.7. The van der Waals surface area contributed by atoms with Crippen LogP contribution in [0.25, 0.3) is 0 Å². The first-order chi connectivity index (χ1) is 7.68. The molecule has 1 atom stereocenters. The molecule has 2 heteroatoms. The third kappa shape index (κ3) is 2.55. The van der Waals surface area contributed by atoms with Gasteiger partial charge in [-0.25, -0.2) is 0 Å². The zero-order valence-electron chi connectivity index (χ0n) is 9.53. The molecule has 0 fully saturated rings. The van der Waals surface area contributed by atoms with E-state index < -0.39 is 0 Å². The first-order valence-electron chi connectivity index (χ1n) is 5.41. The van der Waals surface area contributed by atoms with Crippen LogP contribution in [-0.2, 0) is 6.42 Å². The second-order valence-electron chi connectivity index (χ2n) is 4.04. The average Bonchev–Trinajstić information content (AvgIpc) is 2.74. The lowest BCUT2D eigenvalue weighted by molar-refractivity contribution is 0.952. The Kier molecular flexibility index (Phi) is 3.82. The zero-order valence-corrected chi connectivity index (χ0v) is 11.9. The molecule has 0 nitrogen and oxygen atoms in total. The molecule has 0 aliphatic heterocycles. The van der Waals surface area contributed by atoms with Crippen LogP contribution in [0.3, 0.4) is 0 Å². The summed E-state index contributed by atoms with van der Waals surface area (Å²) in [5.41, 5.74) is 4.18. The second kappa shape index (κ2) is 5.15. The molecule has 1 aromatic carbocycles. The van der Waals surface area contributed by atoms with Crippen LogP contribution in [0.2, 0.25) is 0 Å². The molecule has 0 bridgehead atoms. The van der Waals surface area contributed by atoms with E-state index in [1.54, 1.807) is 0 Å². The molecule has 0 N–H and O–H groups in total. The van der Waals surface area contributed by atoms with Crippen molar-refractivity contribution in [3.63, 3.8) is 0 Å². The number of thiophene rings is 1. The Morgan fingerprint density at radius 1 is 1.19 bits per heavy atom. The summed E-state index contributed by atoms with van der Waals surface area (Å²) in [6, 6.07) is 10.8. The lowest BCUT2D eigenvalue weighted by Gasteiger charge is -2.13. The van der Waals surface area contributed by atoms with Gasteiger partial charge in [-0.2, -0.15) is 0 Å². The molecule has 0 saturated carbocycles. The highest BCUT2D eigenvalue weighted by Gasteiger charge is 2.12. The van der Waals surface area contributed by atoms with Crippen molar-refractivity contribution in [2.24, 2.45) is 0 Å². The maximum absolute atomic E-state index is 3.80. The van der Waals surface area contributed by atoms with Crippen molar-refractivity contribution in [3.8, 4) is 0 Å². The maximum Gasteiger partial charge on any atom is 0.0446 e. The van der Waals surface area contributed by atoms with Gasteiger partial charge in [0.05, 0.1) is 0 Å². The van der Waals surface area contributed by atoms with Crippen molar-refractivity contribution in [3.05, 3.63) is 57.3 Å². The van der Waals surface area contributed by atoms with Crippen LogP contribution in [0.1, 0.15) is 26.4 Å². The smallest absolute Gasteiger partial charge is 0.0446 e. The first kappa shape index (κ1) is 11.9. The Balaban J connectivity index is 2.21. The van der Waals surface area contributed by atoms with E-state index in [9.17, 15) is 0 Å². The van der Waals surface area contributed by atoms with E-state index in [-0.39, 0.29) is 0 Å². The number of alkyl halides is 1. The van der Waals surface area contributed by atoms with Crippen LogP contribution in [0.15, 0.2) is 35.7 Å². The Bertz CT molecular complexity index is 460. The molecular weight excluding hydrogens is 280 g/mol. The molecule has 0 spiro atoms. The highest BCUT2D eigenvalue weighted by atomic mass is 79.9. The number of rotatable bonds is 3. The van der Waals surface area contributed by atoms with Crippen LogP contribution >= 0.6 is 27.3 Å². The monoisotopic (exact) mass is 294 g/mol. The summed E-state index contributed by atoms with van der Waals surface area (Å²) >= 11 is 5.63. The summed E-state index contributed by atoms with van der Waals surface area (Å²) in [7, 11) is 0. The summed E-state index contributed by atoms with van der Waals surface area (Å²) < 4.78 is 0. The Morgan fingerprint density at radius 3 is 2.69 bits per heavy atom. The Morgan fingerprint density at radius 2 is 2.00 bits per heavy atom. The largest absolute Gasteiger partial charge is 0.149 e. The molecule has 1 heterocycles. The molecule has 2 rings (SSSR count). The highest BCUT2D eigenvalue weighted by Crippen LogP contribution is 2.31. The summed E-state index contributed by atoms with van der Waals surface area (Å²) in [4.78, 5) is 1.86. The van der Waals surface area contributed by atoms with E-state index in [1.807, 2.05) is 11.3 Å². The van der Waals surface area contributed by atoms with Gasteiger partial charge in [0.2, 0.25) is 0 Å². The SMILES string of the molecule is Cc1cccc(C(Br)Cc2cccs2)c1C. The Labute approximate surface area is 109 Å². The van der Waals surface area contributed by atoms with Crippen molar-refractivity contribution in [2.75, 3.05) is 0 Å². The lowest BCUT2D eigenvalue weighted by Crippen LogP contribution is -1.98. The number of halogens is 1. The summed E-state index contributed by atoms with van der Waals surface area (Å²) in [5.74, 6) is 0. The van der Waals surface area contributed by atoms with Crippen LogP contribution in [0.4, 0.5) is 0 Å². The molecule has 16 heavy (non-hydrogen) atoms. The van der Waals surface area contributed by atoms with Gasteiger partial charge in [-0.1, -0.05) is 40.2 Å². The topological polar surface area (TPSA) is 0 Å². The van der Waals surface area contributed by atoms with Gasteiger partial charge in [0.25, 0.3) is 0 Å². The van der Waals surface area contributed by atoms with Crippen molar-refractivity contribution >= 4 is 27.3 Å². The van der Waals surface area contributed by atoms with E-state index in [4.69, 9.17) is 0 Å². The third-order valence-corrected chi connectivity index (χ3v) is 4.66. The zero-order chi connectivity index (χ0) is 11.5. The van der Waals surface area contributed by atoms with E-state index >= 15 is 0 Å². The van der Waals surface area contributed by atoms with E-state index in [1.165, 1.54) is 21.6 Å². The van der Waals surface area contributed by atoms with Gasteiger partial charge in [-0.3, -0.25) is 0 Å². The van der Waals surface area contributed by atoms with Crippen LogP contribution in [0.5, 0.6) is 0 Å². The van der Waals surface area contributed by atoms with Gasteiger partial charge >= 0.3 is 0 Å². The predicted octanol–water partition coefficient (Wildman–Crippen LogP) is 5.04. The van der Waals surface area contributed by atoms with Crippen LogP contribution < -0.4 is 0 Å². The fraction of sp³-hybridized carbons (Fsp3) is 0.286. The quantitative estimate of drug-likeness (QED) is 0.696. The van der Waals surface area contributed by atoms with E-state index in [0.717, 1.165) is 6.42 Å². The van der Waals surface area contributed by atoms with Crippen molar-refractivity contribution in [1.29, 1.82) is 0 Å². The van der Waals surface area contributed by atoms with E-state index in [0.29, 0.717) is 4.83 Å². The van der Waals surface area contributed by atoms with Gasteiger partial charge in [-0.15, -0.1) is 11.3 Å². The fourth-order valence-electron chi connectivity index (χ4n) is 1.83. The summed E-state index contributed by atoms with van der Waals surface area (Å²) in [6.45, 7) is 4.37. The van der Waals surface area contributed by atoms with Gasteiger partial charge < -0.3 is 0 Å². The minimum Gasteiger partial charge on any atom is -0.149 e. The maximum atomic E-state index is 3.80. The predicted molar refractivity (Wildman–Crippen MR) is 75.6 cm³/mol. The summed E-state index contributed by atoms with van der Waals surface area (Å²) in [6.07, 6.45) is 1.07. The van der Waals surface area contributed by atoms with Crippen LogP contribution in [-0.4, -0.2) is 0 Å². The minimum absolute atomic E-state index is 0.422. The van der Waals surface area contributed by atoms with Crippen LogP contribution in [0, 0.1) is 13.8 Å². The number of hydrogen-bond donors (Lipinski definition) is 0. The van der Waals surface area contributed by atoms with Crippen molar-refractivity contribution < 1.29 is 0 Å². The van der Waals surface area contributed by atoms with E-state index in [2.05, 4.69) is 65.5 Å². The molecule has 0 amide bonds. The fourth-order valence-corrected chi connectivity index (χ4v) is 3.64. The first-order valence-corrected chi connectivity index (χ1v) is 7.20. The summed E-state index contributed by atoms with van der Waals surface area (Å²) in [5, 5.41) is 2.14. The lowest BCUT2D eigenvalue weighted by atomic mass is 9.99. The van der Waals surface area contributed by atoms with Crippen molar-refractivity contribution in [1.82, 2.24) is 0 Å². The second-order valence-corrected chi connectivity index (χ2v) is 6.18. The highest BCUT2D eigenvalue weighted by molar-refractivity contribution is 9.09. The molecule has 0 aliphatic carbocycles. The number of benzene rings is 1. The number of hydrogen-bond acceptors (Lipinski definition) is 1. The van der Waals surface area contributed by atoms with Crippen molar-refractivity contribution in [2.45, 2.75) is 25.1 Å². The number of aryl methyl sites for hydroxylation is 1. The Hall–Kier alpha value is -0.600. The van der Waals surface area contributed by atoms with Gasteiger partial charge in [0.1, 0.15) is 0 Å². The standard InChI is InChI=1S/C14H15BrS/c1-10-5-3-7-13(11(10)2)14(15)9-12-6-4-8-16-12/h3-8,14H,9H2,1-2H3. The van der Waals surface area contributed by atoms with Gasteiger partial charge in [0, 0.05) is 9.70 Å².